The van der Waals surface area contributed by atoms with E-state index in [1.54, 1.807) is 19.2 Å². The Kier molecular flexibility index (Phi) is 3.38. The monoisotopic (exact) mass is 297 g/mol. The highest BCUT2D eigenvalue weighted by atomic mass is 19.1. The van der Waals surface area contributed by atoms with Crippen molar-refractivity contribution in [1.82, 2.24) is 5.32 Å². The minimum atomic E-state index is -0.0968. The van der Waals surface area contributed by atoms with E-state index >= 15 is 0 Å². The summed E-state index contributed by atoms with van der Waals surface area (Å²) in [4.78, 5) is 0. The van der Waals surface area contributed by atoms with E-state index in [0.717, 1.165) is 30.7 Å². The van der Waals surface area contributed by atoms with Gasteiger partial charge in [0.1, 0.15) is 11.6 Å². The van der Waals surface area contributed by atoms with Crippen LogP contribution < -0.4 is 10.1 Å². The zero-order valence-electron chi connectivity index (χ0n) is 12.7. The molecule has 3 unspecified atom stereocenters. The molecule has 0 amide bonds. The summed E-state index contributed by atoms with van der Waals surface area (Å²) in [6.07, 6.45) is 2.28. The average molecular weight is 297 g/mol. The summed E-state index contributed by atoms with van der Waals surface area (Å²) in [7, 11) is 1.69. The van der Waals surface area contributed by atoms with Gasteiger partial charge in [-0.2, -0.15) is 0 Å². The van der Waals surface area contributed by atoms with Crippen molar-refractivity contribution in [1.29, 1.82) is 0 Å². The summed E-state index contributed by atoms with van der Waals surface area (Å²) in [6.45, 7) is 1.03. The van der Waals surface area contributed by atoms with Gasteiger partial charge in [-0.05, 0) is 60.2 Å². The quantitative estimate of drug-likeness (QED) is 0.904. The van der Waals surface area contributed by atoms with Crippen molar-refractivity contribution in [3.63, 3.8) is 0 Å². The summed E-state index contributed by atoms with van der Waals surface area (Å²) in [5, 5.41) is 3.63. The lowest BCUT2D eigenvalue weighted by Crippen LogP contribution is -2.33. The molecule has 0 bridgehead atoms. The van der Waals surface area contributed by atoms with Gasteiger partial charge in [-0.25, -0.2) is 4.39 Å². The van der Waals surface area contributed by atoms with Crippen molar-refractivity contribution in [2.45, 2.75) is 24.8 Å². The highest BCUT2D eigenvalue weighted by molar-refractivity contribution is 5.49. The van der Waals surface area contributed by atoms with Crippen LogP contribution in [-0.4, -0.2) is 13.7 Å². The highest BCUT2D eigenvalue weighted by Gasteiger charge is 2.43. The van der Waals surface area contributed by atoms with Gasteiger partial charge in [0.15, 0.2) is 0 Å². The van der Waals surface area contributed by atoms with E-state index in [4.69, 9.17) is 4.74 Å². The second-order valence-electron chi connectivity index (χ2n) is 6.23. The van der Waals surface area contributed by atoms with Gasteiger partial charge in [0.05, 0.1) is 7.11 Å². The first kappa shape index (κ1) is 13.8. The minimum absolute atomic E-state index is 0.0968. The zero-order valence-corrected chi connectivity index (χ0v) is 12.7. The van der Waals surface area contributed by atoms with Crippen molar-refractivity contribution >= 4 is 0 Å². The molecule has 0 aromatic heterocycles. The van der Waals surface area contributed by atoms with Crippen LogP contribution in [0.2, 0.25) is 0 Å². The summed E-state index contributed by atoms with van der Waals surface area (Å²) in [6, 6.07) is 13.7. The van der Waals surface area contributed by atoms with E-state index < -0.39 is 0 Å². The van der Waals surface area contributed by atoms with Crippen molar-refractivity contribution < 1.29 is 9.13 Å². The van der Waals surface area contributed by atoms with Crippen molar-refractivity contribution in [2.75, 3.05) is 13.7 Å². The van der Waals surface area contributed by atoms with E-state index in [1.165, 1.54) is 11.1 Å². The number of benzene rings is 2. The third-order valence-corrected chi connectivity index (χ3v) is 5.14. The maximum absolute atomic E-state index is 14.4. The molecule has 1 fully saturated rings. The molecule has 2 nitrogen and oxygen atoms in total. The lowest BCUT2D eigenvalue weighted by Gasteiger charge is -2.31. The molecule has 1 N–H and O–H groups in total. The van der Waals surface area contributed by atoms with Gasteiger partial charge < -0.3 is 10.1 Å². The smallest absolute Gasteiger partial charge is 0.127 e. The predicted octanol–water partition coefficient (Wildman–Crippen LogP) is 4.02. The maximum atomic E-state index is 14.4. The van der Waals surface area contributed by atoms with Gasteiger partial charge in [-0.1, -0.05) is 24.3 Å². The average Bonchev–Trinajstić information content (AvgIpc) is 2.89. The molecule has 4 rings (SSSR count). The van der Waals surface area contributed by atoms with Crippen molar-refractivity contribution in [3.8, 4) is 5.75 Å². The molecule has 1 heterocycles. The van der Waals surface area contributed by atoms with E-state index in [-0.39, 0.29) is 11.7 Å². The van der Waals surface area contributed by atoms with Gasteiger partial charge in [-0.15, -0.1) is 0 Å². The molecule has 2 aromatic carbocycles. The Morgan fingerprint density at radius 1 is 1.09 bits per heavy atom. The van der Waals surface area contributed by atoms with Crippen LogP contribution in [-0.2, 0) is 0 Å². The SMILES string of the molecule is COc1ccc2c(c1)C1NCCCC1C2c1ccccc1F. The van der Waals surface area contributed by atoms with Gasteiger partial charge in [-0.3, -0.25) is 0 Å². The number of methoxy groups -OCH3 is 1. The largest absolute Gasteiger partial charge is 0.497 e. The van der Waals surface area contributed by atoms with Gasteiger partial charge in [0, 0.05) is 12.0 Å². The standard InChI is InChI=1S/C19H20FNO/c1-22-12-8-9-13-16(11-12)19-15(6-4-10-21-19)18(13)14-5-2-3-7-17(14)20/h2-3,5,7-9,11,15,18-19,21H,4,6,10H2,1H3. The van der Waals surface area contributed by atoms with E-state index in [1.807, 2.05) is 18.2 Å². The Labute approximate surface area is 130 Å². The number of nitrogens with one attached hydrogen (secondary N) is 1. The van der Waals surface area contributed by atoms with Crippen LogP contribution >= 0.6 is 0 Å². The third-order valence-electron chi connectivity index (χ3n) is 5.14. The van der Waals surface area contributed by atoms with Gasteiger partial charge >= 0.3 is 0 Å². The second-order valence-corrected chi connectivity index (χ2v) is 6.23. The topological polar surface area (TPSA) is 21.3 Å². The molecule has 114 valence electrons. The fourth-order valence-electron chi connectivity index (χ4n) is 4.20. The molecule has 1 saturated heterocycles. The summed E-state index contributed by atoms with van der Waals surface area (Å²) < 4.78 is 19.8. The van der Waals surface area contributed by atoms with E-state index in [0.29, 0.717) is 12.0 Å². The van der Waals surface area contributed by atoms with Crippen LogP contribution in [0.5, 0.6) is 5.75 Å². The summed E-state index contributed by atoms with van der Waals surface area (Å²) in [5.41, 5.74) is 3.35. The Morgan fingerprint density at radius 2 is 1.95 bits per heavy atom. The van der Waals surface area contributed by atoms with E-state index in [2.05, 4.69) is 17.4 Å². The molecule has 0 radical (unpaired) electrons. The normalized spacial score (nSPS) is 26.4. The Bertz CT molecular complexity index is 700. The molecule has 2 aromatic rings. The van der Waals surface area contributed by atoms with Gasteiger partial charge in [0.25, 0.3) is 0 Å². The molecule has 1 aliphatic carbocycles. The summed E-state index contributed by atoms with van der Waals surface area (Å²) >= 11 is 0. The Hall–Kier alpha value is -1.87. The first-order valence-electron chi connectivity index (χ1n) is 7.95. The third kappa shape index (κ3) is 2.03. The number of hydrogen-bond donors (Lipinski definition) is 1. The lowest BCUT2D eigenvalue weighted by atomic mass is 9.80. The van der Waals surface area contributed by atoms with Crippen LogP contribution in [0, 0.1) is 11.7 Å². The predicted molar refractivity (Wildman–Crippen MR) is 84.7 cm³/mol. The van der Waals surface area contributed by atoms with Crippen LogP contribution in [0.4, 0.5) is 4.39 Å². The van der Waals surface area contributed by atoms with E-state index in [9.17, 15) is 4.39 Å². The molecule has 3 atom stereocenters. The number of rotatable bonds is 2. The maximum Gasteiger partial charge on any atom is 0.127 e. The lowest BCUT2D eigenvalue weighted by molar-refractivity contribution is 0.284. The highest BCUT2D eigenvalue weighted by Crippen LogP contribution is 2.52. The fraction of sp³-hybridized carbons (Fsp3) is 0.368. The Morgan fingerprint density at radius 3 is 2.77 bits per heavy atom. The molecular formula is C19H20FNO. The molecular weight excluding hydrogens is 277 g/mol. The second kappa shape index (κ2) is 5.40. The first-order chi connectivity index (χ1) is 10.8. The molecule has 22 heavy (non-hydrogen) atoms. The zero-order chi connectivity index (χ0) is 15.1. The fourth-order valence-corrected chi connectivity index (χ4v) is 4.20. The summed E-state index contributed by atoms with van der Waals surface area (Å²) in [5.74, 6) is 1.34. The van der Waals surface area contributed by atoms with Crippen LogP contribution in [0.25, 0.3) is 0 Å². The van der Waals surface area contributed by atoms with Crippen LogP contribution in [0.1, 0.15) is 41.5 Å². The minimum Gasteiger partial charge on any atom is -0.497 e. The number of hydrogen-bond acceptors (Lipinski definition) is 2. The molecule has 0 saturated carbocycles. The van der Waals surface area contributed by atoms with Crippen molar-refractivity contribution in [3.05, 3.63) is 65.0 Å². The number of fused-ring (bicyclic) bond motifs is 3. The van der Waals surface area contributed by atoms with Crippen LogP contribution in [0.15, 0.2) is 42.5 Å². The number of piperidine rings is 1. The number of halogens is 1. The first-order valence-corrected chi connectivity index (χ1v) is 7.95. The molecule has 3 heteroatoms. The van der Waals surface area contributed by atoms with Crippen molar-refractivity contribution in [2.24, 2.45) is 5.92 Å². The number of ether oxygens (including phenoxy) is 1. The van der Waals surface area contributed by atoms with Crippen LogP contribution in [0.3, 0.4) is 0 Å². The Balaban J connectivity index is 1.87. The van der Waals surface area contributed by atoms with Gasteiger partial charge in [0.2, 0.25) is 0 Å². The molecule has 2 aliphatic rings. The molecule has 1 aliphatic heterocycles. The molecule has 0 spiro atoms.